The normalized spacial score (nSPS) is 16.9. The third-order valence-corrected chi connectivity index (χ3v) is 3.44. The highest BCUT2D eigenvalue weighted by molar-refractivity contribution is 9.10. The first-order valence-electron chi connectivity index (χ1n) is 5.41. The molecule has 0 radical (unpaired) electrons. The van der Waals surface area contributed by atoms with Crippen molar-refractivity contribution in [2.24, 2.45) is 0 Å². The number of hydrogen-bond donors (Lipinski definition) is 1. The Morgan fingerprint density at radius 2 is 1.87 bits per heavy atom. The Bertz CT molecular complexity index is 334. The molecule has 1 aliphatic rings. The number of rotatable bonds is 1. The fourth-order valence-electron chi connectivity index (χ4n) is 2.20. The van der Waals surface area contributed by atoms with Crippen LogP contribution in [-0.4, -0.2) is 26.2 Å². The summed E-state index contributed by atoms with van der Waals surface area (Å²) in [5.74, 6) is 0. The van der Waals surface area contributed by atoms with Gasteiger partial charge in [-0.2, -0.15) is 0 Å². The maximum absolute atomic E-state index is 3.67. The van der Waals surface area contributed by atoms with Crippen molar-refractivity contribution >= 4 is 21.6 Å². The molecule has 0 aromatic heterocycles. The van der Waals surface area contributed by atoms with Crippen LogP contribution >= 0.6 is 15.9 Å². The minimum atomic E-state index is 1.08. The number of piperazine rings is 1. The molecule has 0 bridgehead atoms. The van der Waals surface area contributed by atoms with Crippen molar-refractivity contribution in [2.45, 2.75) is 13.8 Å². The van der Waals surface area contributed by atoms with Crippen molar-refractivity contribution in [3.63, 3.8) is 0 Å². The summed E-state index contributed by atoms with van der Waals surface area (Å²) in [6.45, 7) is 8.69. The fourth-order valence-corrected chi connectivity index (χ4v) is 3.12. The third kappa shape index (κ3) is 2.34. The first-order valence-corrected chi connectivity index (χ1v) is 6.20. The van der Waals surface area contributed by atoms with Crippen LogP contribution in [0.25, 0.3) is 0 Å². The van der Waals surface area contributed by atoms with Gasteiger partial charge in [-0.3, -0.25) is 0 Å². The number of aryl methyl sites for hydroxylation is 2. The molecule has 3 heteroatoms. The molecule has 1 heterocycles. The second-order valence-corrected chi connectivity index (χ2v) is 5.00. The van der Waals surface area contributed by atoms with Gasteiger partial charge in [0.05, 0.1) is 5.69 Å². The zero-order valence-electron chi connectivity index (χ0n) is 9.31. The van der Waals surface area contributed by atoms with Crippen molar-refractivity contribution < 1.29 is 0 Å². The molecule has 1 saturated heterocycles. The maximum atomic E-state index is 3.67. The van der Waals surface area contributed by atoms with Crippen LogP contribution in [0.5, 0.6) is 0 Å². The molecule has 1 aromatic rings. The predicted molar refractivity (Wildman–Crippen MR) is 68.7 cm³/mol. The molecule has 2 nitrogen and oxygen atoms in total. The van der Waals surface area contributed by atoms with Crippen LogP contribution in [0.15, 0.2) is 16.6 Å². The Hall–Kier alpha value is -0.540. The summed E-state index contributed by atoms with van der Waals surface area (Å²) in [6.07, 6.45) is 0. The highest BCUT2D eigenvalue weighted by Crippen LogP contribution is 2.31. The molecule has 82 valence electrons. The Morgan fingerprint density at radius 1 is 1.20 bits per heavy atom. The lowest BCUT2D eigenvalue weighted by Gasteiger charge is -2.31. The summed E-state index contributed by atoms with van der Waals surface area (Å²) in [4.78, 5) is 2.45. The summed E-state index contributed by atoms with van der Waals surface area (Å²) in [5.41, 5.74) is 4.05. The lowest BCUT2D eigenvalue weighted by molar-refractivity contribution is 0.588. The zero-order chi connectivity index (χ0) is 10.8. The van der Waals surface area contributed by atoms with E-state index in [0.717, 1.165) is 26.2 Å². The Balaban J connectivity index is 2.33. The van der Waals surface area contributed by atoms with Gasteiger partial charge in [0.15, 0.2) is 0 Å². The topological polar surface area (TPSA) is 15.3 Å². The van der Waals surface area contributed by atoms with Gasteiger partial charge in [0, 0.05) is 30.7 Å². The summed E-state index contributed by atoms with van der Waals surface area (Å²) in [5, 5.41) is 3.38. The third-order valence-electron chi connectivity index (χ3n) is 2.83. The molecule has 1 N–H and O–H groups in total. The summed E-state index contributed by atoms with van der Waals surface area (Å²) >= 11 is 3.67. The number of nitrogens with one attached hydrogen (secondary N) is 1. The van der Waals surface area contributed by atoms with Crippen LogP contribution in [0, 0.1) is 13.8 Å². The maximum Gasteiger partial charge on any atom is 0.0541 e. The Labute approximate surface area is 99.8 Å². The van der Waals surface area contributed by atoms with E-state index in [2.05, 4.69) is 52.1 Å². The molecule has 0 spiro atoms. The number of benzene rings is 1. The van der Waals surface area contributed by atoms with Gasteiger partial charge in [-0.05, 0) is 47.0 Å². The lowest BCUT2D eigenvalue weighted by atomic mass is 10.1. The van der Waals surface area contributed by atoms with E-state index in [1.807, 2.05) is 0 Å². The van der Waals surface area contributed by atoms with Gasteiger partial charge in [0.1, 0.15) is 0 Å². The molecular formula is C12H17BrN2. The molecule has 2 rings (SSSR count). The SMILES string of the molecule is Cc1cc(C)c(N2CCNCC2)c(Br)c1. The molecule has 0 saturated carbocycles. The predicted octanol–water partition coefficient (Wildman–Crippen LogP) is 2.48. The van der Waals surface area contributed by atoms with Crippen molar-refractivity contribution in [3.05, 3.63) is 27.7 Å². The molecule has 1 aliphatic heterocycles. The van der Waals surface area contributed by atoms with E-state index in [1.165, 1.54) is 21.3 Å². The molecular weight excluding hydrogens is 252 g/mol. The van der Waals surface area contributed by atoms with E-state index in [-0.39, 0.29) is 0 Å². The molecule has 1 fully saturated rings. The number of hydrogen-bond acceptors (Lipinski definition) is 2. The summed E-state index contributed by atoms with van der Waals surface area (Å²) in [7, 11) is 0. The quantitative estimate of drug-likeness (QED) is 0.842. The molecule has 1 aromatic carbocycles. The van der Waals surface area contributed by atoms with E-state index >= 15 is 0 Å². The second-order valence-electron chi connectivity index (χ2n) is 4.15. The van der Waals surface area contributed by atoms with E-state index in [9.17, 15) is 0 Å². The average Bonchev–Trinajstić information content (AvgIpc) is 2.17. The van der Waals surface area contributed by atoms with Crippen LogP contribution in [-0.2, 0) is 0 Å². The summed E-state index contributed by atoms with van der Waals surface area (Å²) < 4.78 is 1.22. The second kappa shape index (κ2) is 4.54. The first-order chi connectivity index (χ1) is 7.18. The van der Waals surface area contributed by atoms with Crippen LogP contribution in [0.3, 0.4) is 0 Å². The lowest BCUT2D eigenvalue weighted by Crippen LogP contribution is -2.44. The van der Waals surface area contributed by atoms with Crippen LogP contribution in [0.1, 0.15) is 11.1 Å². The van der Waals surface area contributed by atoms with E-state index in [0.29, 0.717) is 0 Å². The molecule has 0 atom stereocenters. The number of nitrogens with zero attached hydrogens (tertiary/aromatic N) is 1. The van der Waals surface area contributed by atoms with Gasteiger partial charge >= 0.3 is 0 Å². The van der Waals surface area contributed by atoms with E-state index in [4.69, 9.17) is 0 Å². The van der Waals surface area contributed by atoms with Gasteiger partial charge < -0.3 is 10.2 Å². The van der Waals surface area contributed by atoms with Crippen molar-refractivity contribution in [1.82, 2.24) is 5.32 Å². The van der Waals surface area contributed by atoms with Gasteiger partial charge in [-0.25, -0.2) is 0 Å². The van der Waals surface area contributed by atoms with Crippen LogP contribution in [0.2, 0.25) is 0 Å². The molecule has 0 aliphatic carbocycles. The average molecular weight is 269 g/mol. The standard InChI is InChI=1S/C12H17BrN2/c1-9-7-10(2)12(11(13)8-9)15-5-3-14-4-6-15/h7-8,14H,3-6H2,1-2H3. The highest BCUT2D eigenvalue weighted by atomic mass is 79.9. The molecule has 0 amide bonds. The minimum Gasteiger partial charge on any atom is -0.368 e. The number of anilines is 1. The van der Waals surface area contributed by atoms with Crippen molar-refractivity contribution in [1.29, 1.82) is 0 Å². The van der Waals surface area contributed by atoms with E-state index < -0.39 is 0 Å². The largest absolute Gasteiger partial charge is 0.368 e. The van der Waals surface area contributed by atoms with Crippen molar-refractivity contribution in [3.8, 4) is 0 Å². The van der Waals surface area contributed by atoms with Gasteiger partial charge in [-0.1, -0.05) is 6.07 Å². The molecule has 15 heavy (non-hydrogen) atoms. The van der Waals surface area contributed by atoms with E-state index in [1.54, 1.807) is 0 Å². The summed E-state index contributed by atoms with van der Waals surface area (Å²) in [6, 6.07) is 4.45. The van der Waals surface area contributed by atoms with Crippen molar-refractivity contribution in [2.75, 3.05) is 31.1 Å². The first kappa shape index (κ1) is 11.0. The van der Waals surface area contributed by atoms with Crippen LogP contribution in [0.4, 0.5) is 5.69 Å². The zero-order valence-corrected chi connectivity index (χ0v) is 10.9. The Kier molecular flexibility index (Phi) is 3.32. The molecule has 0 unspecified atom stereocenters. The van der Waals surface area contributed by atoms with Gasteiger partial charge in [0.25, 0.3) is 0 Å². The number of halogens is 1. The Morgan fingerprint density at radius 3 is 2.47 bits per heavy atom. The van der Waals surface area contributed by atoms with Crippen LogP contribution < -0.4 is 10.2 Å². The highest BCUT2D eigenvalue weighted by Gasteiger charge is 2.15. The van der Waals surface area contributed by atoms with Gasteiger partial charge in [0.2, 0.25) is 0 Å². The smallest absolute Gasteiger partial charge is 0.0541 e. The minimum absolute atomic E-state index is 1.08. The monoisotopic (exact) mass is 268 g/mol. The fraction of sp³-hybridized carbons (Fsp3) is 0.500. The van der Waals surface area contributed by atoms with Gasteiger partial charge in [-0.15, -0.1) is 0 Å².